The Balaban J connectivity index is 2.18. The van der Waals surface area contributed by atoms with Gasteiger partial charge in [0.25, 0.3) is 5.69 Å². The van der Waals surface area contributed by atoms with Gasteiger partial charge in [0.05, 0.1) is 24.2 Å². The van der Waals surface area contributed by atoms with Crippen molar-refractivity contribution < 1.29 is 19.9 Å². The van der Waals surface area contributed by atoms with E-state index in [0.717, 1.165) is 0 Å². The van der Waals surface area contributed by atoms with Gasteiger partial charge in [-0.25, -0.2) is 0 Å². The van der Waals surface area contributed by atoms with Gasteiger partial charge >= 0.3 is 0 Å². The van der Waals surface area contributed by atoms with E-state index in [9.17, 15) is 20.3 Å². The summed E-state index contributed by atoms with van der Waals surface area (Å²) in [6.45, 7) is 1.07. The summed E-state index contributed by atoms with van der Waals surface area (Å²) in [5, 5.41) is 29.7. The molecule has 0 aliphatic carbocycles. The molecule has 7 heteroatoms. The van der Waals surface area contributed by atoms with Crippen LogP contribution in [0.3, 0.4) is 0 Å². The number of hydrogen-bond acceptors (Lipinski definition) is 6. The fourth-order valence-corrected chi connectivity index (χ4v) is 2.22. The highest BCUT2D eigenvalue weighted by molar-refractivity contribution is 5.43. The number of benzene rings is 1. The van der Waals surface area contributed by atoms with Gasteiger partial charge < -0.3 is 14.9 Å². The Morgan fingerprint density at radius 1 is 1.42 bits per heavy atom. The van der Waals surface area contributed by atoms with Crippen LogP contribution in [0.5, 0.6) is 5.75 Å². The van der Waals surface area contributed by atoms with Gasteiger partial charge in [0.15, 0.2) is 0 Å². The van der Waals surface area contributed by atoms with Crippen LogP contribution in [0.1, 0.15) is 5.56 Å². The molecule has 1 fully saturated rings. The minimum Gasteiger partial charge on any atom is -0.496 e. The summed E-state index contributed by atoms with van der Waals surface area (Å²) < 4.78 is 5.17. The molecular weight excluding hydrogens is 252 g/mol. The van der Waals surface area contributed by atoms with Gasteiger partial charge in [-0.15, -0.1) is 0 Å². The standard InChI is InChI=1S/C12H16N2O5/c1-19-12-3-2-9(14(17)18)4-8(12)5-13-6-10(15)11(16)7-13/h2-4,10-11,15-16H,5-7H2,1H3. The third kappa shape index (κ3) is 3.01. The Labute approximate surface area is 110 Å². The van der Waals surface area contributed by atoms with Crippen LogP contribution in [0.25, 0.3) is 0 Å². The molecule has 0 radical (unpaired) electrons. The summed E-state index contributed by atoms with van der Waals surface area (Å²) in [5.74, 6) is 0.557. The van der Waals surface area contributed by atoms with E-state index in [1.165, 1.54) is 19.2 Å². The van der Waals surface area contributed by atoms with Crippen LogP contribution in [0.15, 0.2) is 18.2 Å². The maximum absolute atomic E-state index is 10.8. The normalized spacial score (nSPS) is 23.5. The minimum absolute atomic E-state index is 0.00362. The summed E-state index contributed by atoms with van der Waals surface area (Å²) >= 11 is 0. The van der Waals surface area contributed by atoms with Crippen LogP contribution in [0, 0.1) is 10.1 Å². The van der Waals surface area contributed by atoms with Crippen molar-refractivity contribution in [3.8, 4) is 5.75 Å². The summed E-state index contributed by atoms with van der Waals surface area (Å²) in [4.78, 5) is 12.1. The number of likely N-dealkylation sites (tertiary alicyclic amines) is 1. The monoisotopic (exact) mass is 268 g/mol. The lowest BCUT2D eigenvalue weighted by Gasteiger charge is -2.16. The van der Waals surface area contributed by atoms with E-state index in [1.54, 1.807) is 6.07 Å². The van der Waals surface area contributed by atoms with E-state index >= 15 is 0 Å². The van der Waals surface area contributed by atoms with Crippen molar-refractivity contribution in [2.45, 2.75) is 18.8 Å². The number of rotatable bonds is 4. The van der Waals surface area contributed by atoms with E-state index in [2.05, 4.69) is 0 Å². The second-order valence-corrected chi connectivity index (χ2v) is 4.58. The molecule has 0 bridgehead atoms. The van der Waals surface area contributed by atoms with Crippen molar-refractivity contribution in [2.24, 2.45) is 0 Å². The maximum atomic E-state index is 10.8. The number of ether oxygens (including phenoxy) is 1. The van der Waals surface area contributed by atoms with Crippen LogP contribution in [0.2, 0.25) is 0 Å². The predicted octanol–water partition coefficient (Wildman–Crippen LogP) is 0.141. The molecule has 0 amide bonds. The Morgan fingerprint density at radius 2 is 2.05 bits per heavy atom. The van der Waals surface area contributed by atoms with Crippen LogP contribution < -0.4 is 4.74 Å². The first-order valence-corrected chi connectivity index (χ1v) is 5.91. The van der Waals surface area contributed by atoms with Gasteiger partial charge in [0.2, 0.25) is 0 Å². The molecule has 0 aromatic heterocycles. The third-order valence-electron chi connectivity index (χ3n) is 3.20. The van der Waals surface area contributed by atoms with Crippen molar-refractivity contribution >= 4 is 5.69 Å². The van der Waals surface area contributed by atoms with Gasteiger partial charge in [0, 0.05) is 37.3 Å². The van der Waals surface area contributed by atoms with Gasteiger partial charge in [0.1, 0.15) is 5.75 Å². The lowest BCUT2D eigenvalue weighted by Crippen LogP contribution is -2.22. The van der Waals surface area contributed by atoms with E-state index < -0.39 is 17.1 Å². The quantitative estimate of drug-likeness (QED) is 0.595. The van der Waals surface area contributed by atoms with E-state index in [4.69, 9.17) is 4.74 Å². The van der Waals surface area contributed by atoms with E-state index in [1.807, 2.05) is 4.90 Å². The van der Waals surface area contributed by atoms with E-state index in [-0.39, 0.29) is 5.69 Å². The average Bonchev–Trinajstić information content (AvgIpc) is 2.68. The van der Waals surface area contributed by atoms with Crippen LogP contribution in [0.4, 0.5) is 5.69 Å². The number of nitro benzene ring substituents is 1. The molecule has 7 nitrogen and oxygen atoms in total. The fourth-order valence-electron chi connectivity index (χ4n) is 2.22. The maximum Gasteiger partial charge on any atom is 0.270 e. The molecule has 0 spiro atoms. The molecule has 19 heavy (non-hydrogen) atoms. The molecule has 2 unspecified atom stereocenters. The lowest BCUT2D eigenvalue weighted by atomic mass is 10.1. The van der Waals surface area contributed by atoms with Crippen LogP contribution >= 0.6 is 0 Å². The second kappa shape index (κ2) is 5.52. The van der Waals surface area contributed by atoms with Crippen molar-refractivity contribution in [1.29, 1.82) is 0 Å². The van der Waals surface area contributed by atoms with Crippen molar-refractivity contribution in [2.75, 3.05) is 20.2 Å². The molecule has 1 aliphatic heterocycles. The van der Waals surface area contributed by atoms with Gasteiger partial charge in [-0.1, -0.05) is 0 Å². The van der Waals surface area contributed by atoms with Crippen molar-refractivity contribution in [3.63, 3.8) is 0 Å². The highest BCUT2D eigenvalue weighted by Crippen LogP contribution is 2.26. The van der Waals surface area contributed by atoms with Crippen LogP contribution in [-0.2, 0) is 6.54 Å². The SMILES string of the molecule is COc1ccc([N+](=O)[O-])cc1CN1CC(O)C(O)C1. The largest absolute Gasteiger partial charge is 0.496 e. The second-order valence-electron chi connectivity index (χ2n) is 4.58. The number of aliphatic hydroxyl groups excluding tert-OH is 2. The van der Waals surface area contributed by atoms with Crippen molar-refractivity contribution in [1.82, 2.24) is 4.90 Å². The number of β-amino-alcohol motifs (C(OH)–C–C–N with tert-alkyl or cyclic N) is 2. The molecular formula is C12H16N2O5. The Morgan fingerprint density at radius 3 is 2.58 bits per heavy atom. The molecule has 1 aromatic carbocycles. The highest BCUT2D eigenvalue weighted by atomic mass is 16.6. The van der Waals surface area contributed by atoms with Crippen molar-refractivity contribution in [3.05, 3.63) is 33.9 Å². The number of aliphatic hydroxyl groups is 2. The molecule has 2 atom stereocenters. The summed E-state index contributed by atoms with van der Waals surface area (Å²) in [7, 11) is 1.50. The molecule has 0 saturated carbocycles. The first kappa shape index (κ1) is 13.7. The van der Waals surface area contributed by atoms with Gasteiger partial charge in [-0.2, -0.15) is 0 Å². The zero-order chi connectivity index (χ0) is 14.0. The molecule has 2 rings (SSSR count). The first-order chi connectivity index (χ1) is 9.01. The Hall–Kier alpha value is -1.70. The summed E-state index contributed by atoms with van der Waals surface area (Å²) in [5.41, 5.74) is 0.661. The number of non-ortho nitro benzene ring substituents is 1. The van der Waals surface area contributed by atoms with Gasteiger partial charge in [-0.05, 0) is 6.07 Å². The zero-order valence-corrected chi connectivity index (χ0v) is 10.5. The number of hydrogen-bond donors (Lipinski definition) is 2. The predicted molar refractivity (Wildman–Crippen MR) is 66.9 cm³/mol. The average molecular weight is 268 g/mol. The Kier molecular flexibility index (Phi) is 3.98. The molecule has 1 aliphatic rings. The highest BCUT2D eigenvalue weighted by Gasteiger charge is 2.30. The molecule has 1 aromatic rings. The van der Waals surface area contributed by atoms with Crippen LogP contribution in [-0.4, -0.2) is 52.4 Å². The molecule has 1 saturated heterocycles. The minimum atomic E-state index is -0.773. The first-order valence-electron chi connectivity index (χ1n) is 5.91. The number of nitro groups is 1. The molecule has 104 valence electrons. The topological polar surface area (TPSA) is 96.1 Å². The van der Waals surface area contributed by atoms with Gasteiger partial charge in [-0.3, -0.25) is 15.0 Å². The van der Waals surface area contributed by atoms with E-state index in [0.29, 0.717) is 30.9 Å². The molecule has 2 N–H and O–H groups in total. The summed E-state index contributed by atoms with van der Waals surface area (Å²) in [6, 6.07) is 4.39. The fraction of sp³-hybridized carbons (Fsp3) is 0.500. The third-order valence-corrected chi connectivity index (χ3v) is 3.20. The lowest BCUT2D eigenvalue weighted by molar-refractivity contribution is -0.384. The number of methoxy groups -OCH3 is 1. The Bertz CT molecular complexity index is 469. The molecule has 1 heterocycles. The zero-order valence-electron chi connectivity index (χ0n) is 10.5. The smallest absolute Gasteiger partial charge is 0.270 e. The number of nitrogens with zero attached hydrogens (tertiary/aromatic N) is 2. The summed E-state index contributed by atoms with van der Waals surface area (Å²) in [6.07, 6.45) is -1.55.